The number of nitrogens with one attached hydrogen (secondary N) is 1. The maximum atomic E-state index is 12.5. The summed E-state index contributed by atoms with van der Waals surface area (Å²) in [6.07, 6.45) is 4.92. The fourth-order valence-corrected chi connectivity index (χ4v) is 3.91. The van der Waals surface area contributed by atoms with Gasteiger partial charge in [0, 0.05) is 30.4 Å². The number of carbonyl (C=O) groups is 2. The van der Waals surface area contributed by atoms with E-state index in [0.717, 1.165) is 43.5 Å². The van der Waals surface area contributed by atoms with Gasteiger partial charge in [0.05, 0.1) is 4.88 Å². The second-order valence-corrected chi connectivity index (χ2v) is 7.67. The zero-order valence-electron chi connectivity index (χ0n) is 14.5. The SMILES string of the molecule is CCCCCNC(=O)C1CCN(C(=O)c2cc(C)c(C)s2)CC1. The molecule has 0 bridgehead atoms. The number of rotatable bonds is 6. The van der Waals surface area contributed by atoms with Gasteiger partial charge in [0.25, 0.3) is 5.91 Å². The molecule has 0 aliphatic carbocycles. The summed E-state index contributed by atoms with van der Waals surface area (Å²) < 4.78 is 0. The van der Waals surface area contributed by atoms with Gasteiger partial charge in [-0.1, -0.05) is 19.8 Å². The van der Waals surface area contributed by atoms with Gasteiger partial charge < -0.3 is 10.2 Å². The highest BCUT2D eigenvalue weighted by molar-refractivity contribution is 7.14. The van der Waals surface area contributed by atoms with E-state index in [1.807, 2.05) is 24.8 Å². The van der Waals surface area contributed by atoms with Crippen molar-refractivity contribution in [2.24, 2.45) is 5.92 Å². The first-order valence-electron chi connectivity index (χ1n) is 8.67. The third kappa shape index (κ3) is 4.80. The van der Waals surface area contributed by atoms with E-state index in [9.17, 15) is 9.59 Å². The minimum Gasteiger partial charge on any atom is -0.356 e. The fourth-order valence-electron chi connectivity index (χ4n) is 2.91. The van der Waals surface area contributed by atoms with Crippen molar-refractivity contribution < 1.29 is 9.59 Å². The Morgan fingerprint density at radius 3 is 2.52 bits per heavy atom. The van der Waals surface area contributed by atoms with Crippen LogP contribution >= 0.6 is 11.3 Å². The molecule has 128 valence electrons. The Kier molecular flexibility index (Phi) is 6.63. The Morgan fingerprint density at radius 2 is 1.96 bits per heavy atom. The molecule has 23 heavy (non-hydrogen) atoms. The summed E-state index contributed by atoms with van der Waals surface area (Å²) >= 11 is 1.57. The number of carbonyl (C=O) groups excluding carboxylic acids is 2. The summed E-state index contributed by atoms with van der Waals surface area (Å²) in [6.45, 7) is 8.39. The average molecular weight is 337 g/mol. The molecule has 0 saturated carbocycles. The van der Waals surface area contributed by atoms with Gasteiger partial charge in [0.1, 0.15) is 0 Å². The van der Waals surface area contributed by atoms with Crippen molar-refractivity contribution in [1.82, 2.24) is 10.2 Å². The van der Waals surface area contributed by atoms with Crippen LogP contribution < -0.4 is 5.32 Å². The van der Waals surface area contributed by atoms with Crippen molar-refractivity contribution >= 4 is 23.2 Å². The number of likely N-dealkylation sites (tertiary alicyclic amines) is 1. The third-order valence-corrected chi connectivity index (χ3v) is 5.75. The Balaban J connectivity index is 1.79. The van der Waals surface area contributed by atoms with E-state index < -0.39 is 0 Å². The molecule has 0 unspecified atom stereocenters. The van der Waals surface area contributed by atoms with Gasteiger partial charge in [0.15, 0.2) is 0 Å². The van der Waals surface area contributed by atoms with Crippen molar-refractivity contribution in [3.05, 3.63) is 21.4 Å². The van der Waals surface area contributed by atoms with Crippen LogP contribution in [0.15, 0.2) is 6.07 Å². The summed E-state index contributed by atoms with van der Waals surface area (Å²) in [4.78, 5) is 28.6. The first-order chi connectivity index (χ1) is 11.0. The van der Waals surface area contributed by atoms with Gasteiger partial charge in [-0.25, -0.2) is 0 Å². The zero-order chi connectivity index (χ0) is 16.8. The van der Waals surface area contributed by atoms with Crippen LogP contribution in [0.3, 0.4) is 0 Å². The monoisotopic (exact) mass is 336 g/mol. The molecule has 2 amide bonds. The van der Waals surface area contributed by atoms with Gasteiger partial charge >= 0.3 is 0 Å². The molecule has 4 nitrogen and oxygen atoms in total. The molecule has 1 aliphatic rings. The number of piperidine rings is 1. The minimum absolute atomic E-state index is 0.0625. The van der Waals surface area contributed by atoms with Crippen molar-refractivity contribution in [3.63, 3.8) is 0 Å². The minimum atomic E-state index is 0.0625. The highest BCUT2D eigenvalue weighted by atomic mass is 32.1. The molecular weight excluding hydrogens is 308 g/mol. The molecule has 2 rings (SSSR count). The molecule has 0 spiro atoms. The number of amides is 2. The lowest BCUT2D eigenvalue weighted by molar-refractivity contribution is -0.126. The van der Waals surface area contributed by atoms with Gasteiger partial charge in [-0.15, -0.1) is 11.3 Å². The van der Waals surface area contributed by atoms with E-state index in [-0.39, 0.29) is 17.7 Å². The van der Waals surface area contributed by atoms with Gasteiger partial charge in [-0.3, -0.25) is 9.59 Å². The first-order valence-corrected chi connectivity index (χ1v) is 9.48. The summed E-state index contributed by atoms with van der Waals surface area (Å²) in [5.41, 5.74) is 1.18. The molecule has 1 aromatic heterocycles. The van der Waals surface area contributed by atoms with Crippen LogP contribution in [0.1, 0.15) is 59.1 Å². The molecular formula is C18H28N2O2S. The predicted molar refractivity (Wildman–Crippen MR) is 95.0 cm³/mol. The standard InChI is InChI=1S/C18H28N2O2S/c1-4-5-6-9-19-17(21)15-7-10-20(11-8-15)18(22)16-12-13(2)14(3)23-16/h12,15H,4-11H2,1-3H3,(H,19,21). The Hall–Kier alpha value is -1.36. The molecule has 2 heterocycles. The molecule has 0 aromatic carbocycles. The van der Waals surface area contributed by atoms with E-state index in [0.29, 0.717) is 13.1 Å². The van der Waals surface area contributed by atoms with E-state index in [4.69, 9.17) is 0 Å². The topological polar surface area (TPSA) is 49.4 Å². The van der Waals surface area contributed by atoms with E-state index in [1.54, 1.807) is 11.3 Å². The smallest absolute Gasteiger partial charge is 0.263 e. The van der Waals surface area contributed by atoms with Gasteiger partial charge in [-0.05, 0) is 44.7 Å². The molecule has 1 aliphatic heterocycles. The number of hydrogen-bond donors (Lipinski definition) is 1. The van der Waals surface area contributed by atoms with Crippen molar-refractivity contribution in [3.8, 4) is 0 Å². The lowest BCUT2D eigenvalue weighted by atomic mass is 9.95. The average Bonchev–Trinajstić information content (AvgIpc) is 2.90. The van der Waals surface area contributed by atoms with Crippen LogP contribution in [-0.4, -0.2) is 36.3 Å². The van der Waals surface area contributed by atoms with Crippen LogP contribution in [0.5, 0.6) is 0 Å². The van der Waals surface area contributed by atoms with Crippen molar-refractivity contribution in [1.29, 1.82) is 0 Å². The Labute approximate surface area is 143 Å². The van der Waals surface area contributed by atoms with Crippen molar-refractivity contribution in [2.45, 2.75) is 52.9 Å². The largest absolute Gasteiger partial charge is 0.356 e. The van der Waals surface area contributed by atoms with Crippen LogP contribution in [0.25, 0.3) is 0 Å². The Bertz CT molecular complexity index is 526. The lowest BCUT2D eigenvalue weighted by Gasteiger charge is -2.31. The second-order valence-electron chi connectivity index (χ2n) is 6.41. The highest BCUT2D eigenvalue weighted by Crippen LogP contribution is 2.25. The maximum absolute atomic E-state index is 12.5. The second kappa shape index (κ2) is 8.48. The molecule has 1 N–H and O–H groups in total. The molecule has 5 heteroatoms. The molecule has 1 aromatic rings. The zero-order valence-corrected chi connectivity index (χ0v) is 15.3. The normalized spacial score (nSPS) is 15.7. The highest BCUT2D eigenvalue weighted by Gasteiger charge is 2.28. The maximum Gasteiger partial charge on any atom is 0.263 e. The molecule has 0 atom stereocenters. The summed E-state index contributed by atoms with van der Waals surface area (Å²) in [5, 5.41) is 3.03. The summed E-state index contributed by atoms with van der Waals surface area (Å²) in [5.74, 6) is 0.344. The van der Waals surface area contributed by atoms with Crippen LogP contribution in [0.4, 0.5) is 0 Å². The van der Waals surface area contributed by atoms with E-state index in [1.165, 1.54) is 10.4 Å². The van der Waals surface area contributed by atoms with Gasteiger partial charge in [-0.2, -0.15) is 0 Å². The number of nitrogens with zero attached hydrogens (tertiary/aromatic N) is 1. The lowest BCUT2D eigenvalue weighted by Crippen LogP contribution is -2.43. The number of hydrogen-bond acceptors (Lipinski definition) is 3. The number of aryl methyl sites for hydroxylation is 2. The van der Waals surface area contributed by atoms with E-state index in [2.05, 4.69) is 12.2 Å². The Morgan fingerprint density at radius 1 is 1.26 bits per heavy atom. The third-order valence-electron chi connectivity index (χ3n) is 4.61. The number of unbranched alkanes of at least 4 members (excludes halogenated alkanes) is 2. The van der Waals surface area contributed by atoms with Crippen LogP contribution in [0, 0.1) is 19.8 Å². The first kappa shape index (κ1) is 18.0. The predicted octanol–water partition coefficient (Wildman–Crippen LogP) is 3.52. The van der Waals surface area contributed by atoms with Gasteiger partial charge in [0.2, 0.25) is 5.91 Å². The van der Waals surface area contributed by atoms with Crippen LogP contribution in [-0.2, 0) is 4.79 Å². The summed E-state index contributed by atoms with van der Waals surface area (Å²) in [6, 6.07) is 1.98. The molecule has 1 fully saturated rings. The quantitative estimate of drug-likeness (QED) is 0.808. The fraction of sp³-hybridized carbons (Fsp3) is 0.667. The molecule has 1 saturated heterocycles. The summed E-state index contributed by atoms with van der Waals surface area (Å²) in [7, 11) is 0. The number of thiophene rings is 1. The van der Waals surface area contributed by atoms with Crippen molar-refractivity contribution in [2.75, 3.05) is 19.6 Å². The van der Waals surface area contributed by atoms with Crippen LogP contribution in [0.2, 0.25) is 0 Å². The molecule has 0 radical (unpaired) electrons. The van der Waals surface area contributed by atoms with E-state index >= 15 is 0 Å².